The first kappa shape index (κ1) is 16.5. The second kappa shape index (κ2) is 7.04. The minimum absolute atomic E-state index is 0.0240. The number of nitrogens with zero attached hydrogens (tertiary/aromatic N) is 4. The van der Waals surface area contributed by atoms with E-state index in [1.807, 2.05) is 18.2 Å². The number of piperazine rings is 1. The first-order chi connectivity index (χ1) is 11.6. The summed E-state index contributed by atoms with van der Waals surface area (Å²) in [6, 6.07) is 10.3. The number of rotatable bonds is 5. The fourth-order valence-corrected chi connectivity index (χ4v) is 3.20. The Balaban J connectivity index is 1.60. The Kier molecular flexibility index (Phi) is 4.84. The molecule has 1 N–H and O–H groups in total. The van der Waals surface area contributed by atoms with E-state index in [1.54, 1.807) is 6.92 Å². The van der Waals surface area contributed by atoms with Gasteiger partial charge in [0.25, 0.3) is 0 Å². The van der Waals surface area contributed by atoms with Crippen LogP contribution in [0, 0.1) is 0 Å². The van der Waals surface area contributed by atoms with Crippen LogP contribution >= 0.6 is 0 Å². The summed E-state index contributed by atoms with van der Waals surface area (Å²) in [5, 5.41) is 0. The summed E-state index contributed by atoms with van der Waals surface area (Å²) >= 11 is 0. The quantitative estimate of drug-likeness (QED) is 0.884. The molecule has 3 rings (SSSR count). The van der Waals surface area contributed by atoms with Crippen molar-refractivity contribution in [3.8, 4) is 0 Å². The molecule has 0 unspecified atom stereocenters. The van der Waals surface area contributed by atoms with Crippen LogP contribution in [0.5, 0.6) is 0 Å². The van der Waals surface area contributed by atoms with Gasteiger partial charge in [-0.25, -0.2) is 18.4 Å². The molecule has 0 amide bonds. The smallest absolute Gasteiger partial charge is 0.232 e. The molecule has 0 aliphatic carbocycles. The van der Waals surface area contributed by atoms with Crippen molar-refractivity contribution in [1.29, 1.82) is 0 Å². The highest BCUT2D eigenvalue weighted by Gasteiger charge is 2.19. The van der Waals surface area contributed by atoms with Crippen molar-refractivity contribution in [3.05, 3.63) is 42.7 Å². The van der Waals surface area contributed by atoms with Crippen LogP contribution in [0.2, 0.25) is 0 Å². The largest absolute Gasteiger partial charge is 0.368 e. The third kappa shape index (κ3) is 3.94. The van der Waals surface area contributed by atoms with E-state index in [9.17, 15) is 8.42 Å². The summed E-state index contributed by atoms with van der Waals surface area (Å²) in [6.45, 7) is 5.04. The molecule has 8 heteroatoms. The third-order valence-electron chi connectivity index (χ3n) is 3.98. The molecule has 1 fully saturated rings. The van der Waals surface area contributed by atoms with Crippen molar-refractivity contribution in [2.24, 2.45) is 0 Å². The molecular weight excluding hydrogens is 326 g/mol. The molecule has 24 heavy (non-hydrogen) atoms. The molecule has 0 bridgehead atoms. The number of aromatic nitrogens is 2. The lowest BCUT2D eigenvalue weighted by atomic mass is 10.2. The predicted molar refractivity (Wildman–Crippen MR) is 96.0 cm³/mol. The molecule has 1 saturated heterocycles. The normalized spacial score (nSPS) is 15.4. The number of benzene rings is 1. The van der Waals surface area contributed by atoms with Crippen LogP contribution < -0.4 is 14.5 Å². The summed E-state index contributed by atoms with van der Waals surface area (Å²) in [5.74, 6) is 0.651. The number of hydrogen-bond donors (Lipinski definition) is 1. The standard InChI is InChI=1S/C16H21N5O2S/c1-2-24(22,23)19-14-12-17-16(18-13-14)21-10-8-20(9-11-21)15-6-4-3-5-7-15/h3-7,12-13,19H,2,8-11H2,1H3. The average Bonchev–Trinajstić information content (AvgIpc) is 2.63. The Morgan fingerprint density at radius 1 is 1.00 bits per heavy atom. The second-order valence-corrected chi connectivity index (χ2v) is 7.60. The number of para-hydroxylation sites is 1. The third-order valence-corrected chi connectivity index (χ3v) is 5.28. The molecule has 0 spiro atoms. The van der Waals surface area contributed by atoms with Gasteiger partial charge in [-0.1, -0.05) is 18.2 Å². The zero-order chi connectivity index (χ0) is 17.0. The van der Waals surface area contributed by atoms with Gasteiger partial charge in [-0.2, -0.15) is 0 Å². The summed E-state index contributed by atoms with van der Waals surface area (Å²) in [5.41, 5.74) is 1.62. The lowest BCUT2D eigenvalue weighted by Crippen LogP contribution is -2.47. The van der Waals surface area contributed by atoms with Gasteiger partial charge in [0.15, 0.2) is 0 Å². The fourth-order valence-electron chi connectivity index (χ4n) is 2.59. The van der Waals surface area contributed by atoms with Crippen LogP contribution in [0.25, 0.3) is 0 Å². The van der Waals surface area contributed by atoms with Crippen LogP contribution in [-0.4, -0.2) is 50.3 Å². The Labute approximate surface area is 142 Å². The van der Waals surface area contributed by atoms with E-state index in [1.165, 1.54) is 18.1 Å². The van der Waals surface area contributed by atoms with Crippen molar-refractivity contribution >= 4 is 27.3 Å². The molecule has 0 saturated carbocycles. The minimum Gasteiger partial charge on any atom is -0.368 e. The van der Waals surface area contributed by atoms with Crippen molar-refractivity contribution in [2.45, 2.75) is 6.92 Å². The van der Waals surface area contributed by atoms with E-state index < -0.39 is 10.0 Å². The monoisotopic (exact) mass is 347 g/mol. The van der Waals surface area contributed by atoms with Gasteiger partial charge in [-0.3, -0.25) is 4.72 Å². The lowest BCUT2D eigenvalue weighted by Gasteiger charge is -2.36. The highest BCUT2D eigenvalue weighted by molar-refractivity contribution is 7.92. The minimum atomic E-state index is -3.30. The summed E-state index contributed by atoms with van der Waals surface area (Å²) in [6.07, 6.45) is 3.03. The Bertz CT molecular complexity index is 757. The maximum Gasteiger partial charge on any atom is 0.232 e. The molecule has 1 aromatic heterocycles. The van der Waals surface area contributed by atoms with E-state index in [-0.39, 0.29) is 5.75 Å². The SMILES string of the molecule is CCS(=O)(=O)Nc1cnc(N2CCN(c3ccccc3)CC2)nc1. The van der Waals surface area contributed by atoms with Crippen molar-refractivity contribution in [1.82, 2.24) is 9.97 Å². The second-order valence-electron chi connectivity index (χ2n) is 5.59. The van der Waals surface area contributed by atoms with Crippen LogP contribution in [0.1, 0.15) is 6.92 Å². The van der Waals surface area contributed by atoms with Gasteiger partial charge in [-0.15, -0.1) is 0 Å². The van der Waals surface area contributed by atoms with Crippen LogP contribution in [-0.2, 0) is 10.0 Å². The van der Waals surface area contributed by atoms with Gasteiger partial charge < -0.3 is 9.80 Å². The summed E-state index contributed by atoms with van der Waals surface area (Å²) in [4.78, 5) is 13.0. The number of sulfonamides is 1. The zero-order valence-corrected chi connectivity index (χ0v) is 14.4. The molecule has 0 atom stereocenters. The lowest BCUT2D eigenvalue weighted by molar-refractivity contribution is 0.602. The first-order valence-electron chi connectivity index (χ1n) is 7.95. The average molecular weight is 347 g/mol. The van der Waals surface area contributed by atoms with Gasteiger partial charge in [0.1, 0.15) is 0 Å². The molecule has 1 aliphatic heterocycles. The van der Waals surface area contributed by atoms with Crippen LogP contribution in [0.4, 0.5) is 17.3 Å². The van der Waals surface area contributed by atoms with E-state index in [2.05, 4.69) is 36.6 Å². The number of anilines is 3. The van der Waals surface area contributed by atoms with Gasteiger partial charge in [-0.05, 0) is 19.1 Å². The van der Waals surface area contributed by atoms with Gasteiger partial charge >= 0.3 is 0 Å². The molecule has 0 radical (unpaired) electrons. The Morgan fingerprint density at radius 3 is 2.17 bits per heavy atom. The topological polar surface area (TPSA) is 78.4 Å². The molecule has 1 aliphatic rings. The zero-order valence-electron chi connectivity index (χ0n) is 13.6. The first-order valence-corrected chi connectivity index (χ1v) is 9.60. The maximum absolute atomic E-state index is 11.5. The molecule has 2 aromatic rings. The number of hydrogen-bond acceptors (Lipinski definition) is 6. The maximum atomic E-state index is 11.5. The Hall–Kier alpha value is -2.35. The summed E-state index contributed by atoms with van der Waals surface area (Å²) in [7, 11) is -3.30. The molecule has 128 valence electrons. The molecular formula is C16H21N5O2S. The van der Waals surface area contributed by atoms with Crippen molar-refractivity contribution in [3.63, 3.8) is 0 Å². The van der Waals surface area contributed by atoms with Crippen LogP contribution in [0.3, 0.4) is 0 Å². The Morgan fingerprint density at radius 2 is 1.58 bits per heavy atom. The number of nitrogens with one attached hydrogen (secondary N) is 1. The van der Waals surface area contributed by atoms with E-state index in [4.69, 9.17) is 0 Å². The van der Waals surface area contributed by atoms with Gasteiger partial charge in [0.05, 0.1) is 23.8 Å². The highest BCUT2D eigenvalue weighted by atomic mass is 32.2. The molecule has 7 nitrogen and oxygen atoms in total. The van der Waals surface area contributed by atoms with Gasteiger partial charge in [0, 0.05) is 31.9 Å². The predicted octanol–water partition coefficient (Wildman–Crippen LogP) is 1.56. The van der Waals surface area contributed by atoms with E-state index in [0.29, 0.717) is 11.6 Å². The molecule has 1 aromatic carbocycles. The van der Waals surface area contributed by atoms with E-state index in [0.717, 1.165) is 26.2 Å². The molecule has 2 heterocycles. The highest BCUT2D eigenvalue weighted by Crippen LogP contribution is 2.18. The van der Waals surface area contributed by atoms with Crippen molar-refractivity contribution in [2.75, 3.05) is 46.5 Å². The van der Waals surface area contributed by atoms with Gasteiger partial charge in [0.2, 0.25) is 16.0 Å². The fraction of sp³-hybridized carbons (Fsp3) is 0.375. The summed E-state index contributed by atoms with van der Waals surface area (Å²) < 4.78 is 25.5. The van der Waals surface area contributed by atoms with Crippen molar-refractivity contribution < 1.29 is 8.42 Å². The van der Waals surface area contributed by atoms with Crippen LogP contribution in [0.15, 0.2) is 42.7 Å². The van der Waals surface area contributed by atoms with E-state index >= 15 is 0 Å².